The van der Waals surface area contributed by atoms with E-state index in [1.807, 2.05) is 25.2 Å². The van der Waals surface area contributed by atoms with Gasteiger partial charge in [0.25, 0.3) is 5.91 Å². The second kappa shape index (κ2) is 4.24. The lowest BCUT2D eigenvalue weighted by atomic mass is 10.2. The van der Waals surface area contributed by atoms with E-state index in [0.29, 0.717) is 0 Å². The third-order valence-corrected chi connectivity index (χ3v) is 3.26. The SMILES string of the molecule is Cn1c(-c2ccc(C(N)=O)nc2)cc2ccccc21. The van der Waals surface area contributed by atoms with Crippen LogP contribution in [0, 0.1) is 0 Å². The van der Waals surface area contributed by atoms with Gasteiger partial charge in [-0.05, 0) is 24.3 Å². The first-order chi connectivity index (χ1) is 9.16. The number of nitrogens with zero attached hydrogens (tertiary/aromatic N) is 2. The quantitative estimate of drug-likeness (QED) is 0.760. The van der Waals surface area contributed by atoms with Crippen LogP contribution in [-0.4, -0.2) is 15.5 Å². The van der Waals surface area contributed by atoms with E-state index in [1.54, 1.807) is 12.3 Å². The van der Waals surface area contributed by atoms with Gasteiger partial charge in [0, 0.05) is 29.7 Å². The molecule has 1 amide bonds. The molecule has 0 radical (unpaired) electrons. The Labute approximate surface area is 110 Å². The Morgan fingerprint density at radius 3 is 2.63 bits per heavy atom. The molecule has 2 heterocycles. The Hall–Kier alpha value is -2.62. The van der Waals surface area contributed by atoms with Crippen molar-refractivity contribution in [2.75, 3.05) is 0 Å². The zero-order chi connectivity index (χ0) is 13.4. The number of amides is 1. The number of rotatable bonds is 2. The highest BCUT2D eigenvalue weighted by atomic mass is 16.1. The molecule has 4 heteroatoms. The molecule has 0 fully saturated rings. The van der Waals surface area contributed by atoms with Gasteiger partial charge in [0.1, 0.15) is 5.69 Å². The summed E-state index contributed by atoms with van der Waals surface area (Å²) in [6.07, 6.45) is 1.67. The van der Waals surface area contributed by atoms with Gasteiger partial charge in [-0.3, -0.25) is 9.78 Å². The van der Waals surface area contributed by atoms with Crippen LogP contribution in [0.2, 0.25) is 0 Å². The van der Waals surface area contributed by atoms with Gasteiger partial charge in [0.15, 0.2) is 0 Å². The first-order valence-electron chi connectivity index (χ1n) is 5.97. The van der Waals surface area contributed by atoms with Crippen LogP contribution in [0.15, 0.2) is 48.7 Å². The maximum Gasteiger partial charge on any atom is 0.267 e. The number of benzene rings is 1. The second-order valence-electron chi connectivity index (χ2n) is 4.44. The van der Waals surface area contributed by atoms with Gasteiger partial charge in [0.05, 0.1) is 5.69 Å². The number of aryl methyl sites for hydroxylation is 1. The van der Waals surface area contributed by atoms with Crippen molar-refractivity contribution in [1.82, 2.24) is 9.55 Å². The van der Waals surface area contributed by atoms with Gasteiger partial charge in [0.2, 0.25) is 0 Å². The molecule has 0 aliphatic carbocycles. The zero-order valence-electron chi connectivity index (χ0n) is 10.5. The van der Waals surface area contributed by atoms with E-state index in [1.165, 1.54) is 5.39 Å². The average Bonchev–Trinajstić information content (AvgIpc) is 2.77. The van der Waals surface area contributed by atoms with Crippen LogP contribution in [-0.2, 0) is 7.05 Å². The largest absolute Gasteiger partial charge is 0.364 e. The van der Waals surface area contributed by atoms with Crippen molar-refractivity contribution in [1.29, 1.82) is 0 Å². The number of para-hydroxylation sites is 1. The number of carbonyl (C=O) groups excluding carboxylic acids is 1. The van der Waals surface area contributed by atoms with Crippen molar-refractivity contribution >= 4 is 16.8 Å². The zero-order valence-corrected chi connectivity index (χ0v) is 10.5. The van der Waals surface area contributed by atoms with Crippen LogP contribution < -0.4 is 5.73 Å². The highest BCUT2D eigenvalue weighted by Crippen LogP contribution is 2.26. The third kappa shape index (κ3) is 1.87. The maximum absolute atomic E-state index is 11.0. The Bertz CT molecular complexity index is 757. The fraction of sp³-hybridized carbons (Fsp3) is 0.0667. The molecule has 3 aromatic rings. The van der Waals surface area contributed by atoms with Crippen LogP contribution in [0.4, 0.5) is 0 Å². The number of nitrogens with two attached hydrogens (primary N) is 1. The molecule has 3 rings (SSSR count). The van der Waals surface area contributed by atoms with E-state index in [-0.39, 0.29) is 5.69 Å². The molecule has 0 saturated carbocycles. The molecule has 4 nitrogen and oxygen atoms in total. The molecule has 1 aromatic carbocycles. The predicted molar refractivity (Wildman–Crippen MR) is 74.7 cm³/mol. The van der Waals surface area contributed by atoms with Gasteiger partial charge < -0.3 is 10.3 Å². The number of fused-ring (bicyclic) bond motifs is 1. The summed E-state index contributed by atoms with van der Waals surface area (Å²) in [5.74, 6) is -0.511. The first kappa shape index (κ1) is 11.5. The molecule has 0 spiro atoms. The summed E-state index contributed by atoms with van der Waals surface area (Å²) in [6.45, 7) is 0. The Morgan fingerprint density at radius 1 is 1.21 bits per heavy atom. The number of primary amides is 1. The molecule has 0 aliphatic rings. The summed E-state index contributed by atoms with van der Waals surface area (Å²) in [7, 11) is 2.01. The topological polar surface area (TPSA) is 60.9 Å². The highest BCUT2D eigenvalue weighted by molar-refractivity contribution is 5.91. The van der Waals surface area contributed by atoms with Crippen LogP contribution in [0.3, 0.4) is 0 Å². The molecule has 94 valence electrons. The normalized spacial score (nSPS) is 10.8. The van der Waals surface area contributed by atoms with Crippen LogP contribution in [0.5, 0.6) is 0 Å². The lowest BCUT2D eigenvalue weighted by molar-refractivity contribution is 0.0995. The third-order valence-electron chi connectivity index (χ3n) is 3.26. The number of pyridine rings is 1. The lowest BCUT2D eigenvalue weighted by Gasteiger charge is -2.04. The molecule has 0 bridgehead atoms. The summed E-state index contributed by atoms with van der Waals surface area (Å²) < 4.78 is 2.11. The van der Waals surface area contributed by atoms with E-state index >= 15 is 0 Å². The number of hydrogen-bond donors (Lipinski definition) is 1. The maximum atomic E-state index is 11.0. The minimum Gasteiger partial charge on any atom is -0.364 e. The molecule has 0 unspecified atom stereocenters. The van der Waals surface area contributed by atoms with Crippen molar-refractivity contribution < 1.29 is 4.79 Å². The van der Waals surface area contributed by atoms with Crippen molar-refractivity contribution in [2.24, 2.45) is 12.8 Å². The predicted octanol–water partition coefficient (Wildman–Crippen LogP) is 2.34. The van der Waals surface area contributed by atoms with Crippen molar-refractivity contribution in [2.45, 2.75) is 0 Å². The van der Waals surface area contributed by atoms with E-state index in [2.05, 4.69) is 27.8 Å². The van der Waals surface area contributed by atoms with Gasteiger partial charge in [-0.2, -0.15) is 0 Å². The van der Waals surface area contributed by atoms with Crippen LogP contribution in [0.25, 0.3) is 22.2 Å². The summed E-state index contributed by atoms with van der Waals surface area (Å²) in [5, 5.41) is 1.18. The van der Waals surface area contributed by atoms with Gasteiger partial charge in [-0.1, -0.05) is 18.2 Å². The molecule has 2 N–H and O–H groups in total. The van der Waals surface area contributed by atoms with Gasteiger partial charge >= 0.3 is 0 Å². The number of hydrogen-bond acceptors (Lipinski definition) is 2. The first-order valence-corrected chi connectivity index (χ1v) is 5.97. The number of carbonyl (C=O) groups is 1. The number of aromatic nitrogens is 2. The molecule has 19 heavy (non-hydrogen) atoms. The van der Waals surface area contributed by atoms with E-state index < -0.39 is 5.91 Å². The second-order valence-corrected chi connectivity index (χ2v) is 4.44. The molecular weight excluding hydrogens is 238 g/mol. The Morgan fingerprint density at radius 2 is 2.00 bits per heavy atom. The van der Waals surface area contributed by atoms with Crippen molar-refractivity contribution in [3.8, 4) is 11.3 Å². The summed E-state index contributed by atoms with van der Waals surface area (Å²) >= 11 is 0. The monoisotopic (exact) mass is 251 g/mol. The molecule has 2 aromatic heterocycles. The lowest BCUT2D eigenvalue weighted by Crippen LogP contribution is -2.12. The standard InChI is InChI=1S/C15H13N3O/c1-18-13-5-3-2-4-10(13)8-14(18)11-6-7-12(15(16)19)17-9-11/h2-9H,1H3,(H2,16,19). The minimum absolute atomic E-state index is 0.280. The smallest absolute Gasteiger partial charge is 0.267 e. The Balaban J connectivity index is 2.13. The highest BCUT2D eigenvalue weighted by Gasteiger charge is 2.08. The molecule has 0 saturated heterocycles. The molecule has 0 aliphatic heterocycles. The summed E-state index contributed by atoms with van der Waals surface area (Å²) in [4.78, 5) is 15.1. The molecule has 0 atom stereocenters. The van der Waals surface area contributed by atoms with Crippen molar-refractivity contribution in [3.05, 3.63) is 54.4 Å². The van der Waals surface area contributed by atoms with E-state index in [9.17, 15) is 4.79 Å². The van der Waals surface area contributed by atoms with E-state index in [0.717, 1.165) is 16.8 Å². The Kier molecular flexibility index (Phi) is 2.56. The fourth-order valence-corrected chi connectivity index (χ4v) is 2.26. The minimum atomic E-state index is -0.511. The van der Waals surface area contributed by atoms with E-state index in [4.69, 9.17) is 5.73 Å². The molecular formula is C15H13N3O. The summed E-state index contributed by atoms with van der Waals surface area (Å²) in [6, 6.07) is 13.8. The fourth-order valence-electron chi connectivity index (χ4n) is 2.26. The van der Waals surface area contributed by atoms with Gasteiger partial charge in [-0.15, -0.1) is 0 Å². The van der Waals surface area contributed by atoms with Crippen LogP contribution in [0.1, 0.15) is 10.5 Å². The van der Waals surface area contributed by atoms with Crippen LogP contribution >= 0.6 is 0 Å². The van der Waals surface area contributed by atoms with Crippen molar-refractivity contribution in [3.63, 3.8) is 0 Å². The summed E-state index contributed by atoms with van der Waals surface area (Å²) in [5.41, 5.74) is 8.65. The van der Waals surface area contributed by atoms with Gasteiger partial charge in [-0.25, -0.2) is 0 Å². The average molecular weight is 251 g/mol.